The number of nitrogens with one attached hydrogen (secondary N) is 1. The van der Waals surface area contributed by atoms with Crippen LogP contribution in [-0.2, 0) is 26.0 Å². The Kier molecular flexibility index (Phi) is 10.0. The van der Waals surface area contributed by atoms with Gasteiger partial charge in [-0.2, -0.15) is 0 Å². The average Bonchev–Trinajstić information content (AvgIpc) is 3.34. The zero-order chi connectivity index (χ0) is 26.3. The van der Waals surface area contributed by atoms with Gasteiger partial charge < -0.3 is 10.2 Å². The standard InChI is InChI=1S/C26H33Cl2N3O4S/c1-3-24(26(33)29-20-11-7-8-12-20)30(16-15-19-9-5-4-6-10-19)25(32)18-31(36(2,34)35)21-13-14-22(27)23(28)17-21/h4-6,9-10,13-14,17,20,24H,3,7-8,11-12,15-16,18H2,1-2H3,(H,29,33)/t24-/m0/s1. The van der Waals surface area contributed by atoms with Gasteiger partial charge in [0.05, 0.1) is 22.0 Å². The molecule has 1 atom stereocenters. The predicted molar refractivity (Wildman–Crippen MR) is 145 cm³/mol. The topological polar surface area (TPSA) is 86.8 Å². The lowest BCUT2D eigenvalue weighted by molar-refractivity contribution is -0.139. The highest BCUT2D eigenvalue weighted by Gasteiger charge is 2.32. The molecular weight excluding hydrogens is 521 g/mol. The third-order valence-corrected chi connectivity index (χ3v) is 8.32. The van der Waals surface area contributed by atoms with Crippen molar-refractivity contribution in [3.05, 3.63) is 64.1 Å². The Labute approximate surface area is 223 Å². The second-order valence-electron chi connectivity index (χ2n) is 9.10. The van der Waals surface area contributed by atoms with Crippen molar-refractivity contribution in [2.45, 2.75) is 57.5 Å². The van der Waals surface area contributed by atoms with Crippen molar-refractivity contribution in [3.63, 3.8) is 0 Å². The van der Waals surface area contributed by atoms with E-state index in [4.69, 9.17) is 23.2 Å². The van der Waals surface area contributed by atoms with E-state index in [0.717, 1.165) is 41.8 Å². The minimum Gasteiger partial charge on any atom is -0.352 e. The number of hydrogen-bond acceptors (Lipinski definition) is 4. The summed E-state index contributed by atoms with van der Waals surface area (Å²) in [5, 5.41) is 3.55. The fourth-order valence-electron chi connectivity index (χ4n) is 4.52. The van der Waals surface area contributed by atoms with E-state index < -0.39 is 28.5 Å². The minimum absolute atomic E-state index is 0.112. The number of hydrogen-bond donors (Lipinski definition) is 1. The molecule has 1 saturated carbocycles. The van der Waals surface area contributed by atoms with Crippen LogP contribution < -0.4 is 9.62 Å². The van der Waals surface area contributed by atoms with E-state index >= 15 is 0 Å². The van der Waals surface area contributed by atoms with E-state index in [1.807, 2.05) is 37.3 Å². The first-order valence-corrected chi connectivity index (χ1v) is 14.8. The average molecular weight is 555 g/mol. The first kappa shape index (κ1) is 28.3. The number of carbonyl (C=O) groups is 2. The first-order chi connectivity index (χ1) is 17.1. The lowest BCUT2D eigenvalue weighted by Crippen LogP contribution is -2.54. The van der Waals surface area contributed by atoms with Gasteiger partial charge in [0.1, 0.15) is 12.6 Å². The van der Waals surface area contributed by atoms with Crippen LogP contribution in [0.1, 0.15) is 44.6 Å². The molecule has 1 aliphatic carbocycles. The zero-order valence-corrected chi connectivity index (χ0v) is 23.0. The molecule has 0 heterocycles. The summed E-state index contributed by atoms with van der Waals surface area (Å²) in [7, 11) is -3.83. The molecule has 36 heavy (non-hydrogen) atoms. The van der Waals surface area contributed by atoms with Crippen LogP contribution in [-0.4, -0.2) is 56.6 Å². The maximum atomic E-state index is 13.7. The van der Waals surface area contributed by atoms with Crippen LogP contribution >= 0.6 is 23.2 Å². The molecule has 10 heteroatoms. The van der Waals surface area contributed by atoms with E-state index in [1.165, 1.54) is 23.1 Å². The summed E-state index contributed by atoms with van der Waals surface area (Å²) in [5.74, 6) is -0.665. The fraction of sp³-hybridized carbons (Fsp3) is 0.462. The molecule has 2 aromatic rings. The lowest BCUT2D eigenvalue weighted by atomic mass is 10.1. The van der Waals surface area contributed by atoms with Crippen LogP contribution in [0.3, 0.4) is 0 Å². The molecule has 1 aliphatic rings. The third-order valence-electron chi connectivity index (χ3n) is 6.44. The number of amides is 2. The fourth-order valence-corrected chi connectivity index (χ4v) is 5.65. The second-order valence-corrected chi connectivity index (χ2v) is 11.8. The smallest absolute Gasteiger partial charge is 0.244 e. The summed E-state index contributed by atoms with van der Waals surface area (Å²) in [6, 6.07) is 13.5. The number of nitrogens with zero attached hydrogens (tertiary/aromatic N) is 2. The highest BCUT2D eigenvalue weighted by atomic mass is 35.5. The molecule has 0 bridgehead atoms. The van der Waals surface area contributed by atoms with Gasteiger partial charge in [0, 0.05) is 12.6 Å². The van der Waals surface area contributed by atoms with Gasteiger partial charge in [0.15, 0.2) is 0 Å². The highest BCUT2D eigenvalue weighted by molar-refractivity contribution is 7.92. The third kappa shape index (κ3) is 7.60. The maximum Gasteiger partial charge on any atom is 0.244 e. The van der Waals surface area contributed by atoms with Crippen molar-refractivity contribution in [3.8, 4) is 0 Å². The summed E-state index contributed by atoms with van der Waals surface area (Å²) in [6.45, 7) is 1.67. The monoisotopic (exact) mass is 553 g/mol. The number of anilines is 1. The molecule has 0 unspecified atom stereocenters. The van der Waals surface area contributed by atoms with E-state index in [1.54, 1.807) is 0 Å². The van der Waals surface area contributed by atoms with E-state index in [-0.39, 0.29) is 34.2 Å². The molecule has 0 saturated heterocycles. The summed E-state index contributed by atoms with van der Waals surface area (Å²) in [4.78, 5) is 28.4. The number of benzene rings is 2. The van der Waals surface area contributed by atoms with Gasteiger partial charge in [-0.3, -0.25) is 13.9 Å². The van der Waals surface area contributed by atoms with Crippen molar-refractivity contribution in [1.82, 2.24) is 10.2 Å². The Morgan fingerprint density at radius 1 is 1.06 bits per heavy atom. The highest BCUT2D eigenvalue weighted by Crippen LogP contribution is 2.28. The van der Waals surface area contributed by atoms with Gasteiger partial charge in [0.2, 0.25) is 21.8 Å². The van der Waals surface area contributed by atoms with Gasteiger partial charge in [-0.25, -0.2) is 8.42 Å². The molecule has 0 spiro atoms. The molecule has 0 radical (unpaired) electrons. The van der Waals surface area contributed by atoms with Gasteiger partial charge >= 0.3 is 0 Å². The summed E-state index contributed by atoms with van der Waals surface area (Å²) >= 11 is 12.1. The van der Waals surface area contributed by atoms with Crippen LogP contribution in [0.4, 0.5) is 5.69 Å². The van der Waals surface area contributed by atoms with E-state index in [2.05, 4.69) is 5.32 Å². The first-order valence-electron chi connectivity index (χ1n) is 12.2. The molecule has 3 rings (SSSR count). The van der Waals surface area contributed by atoms with Crippen molar-refractivity contribution < 1.29 is 18.0 Å². The molecule has 1 N–H and O–H groups in total. The molecule has 196 valence electrons. The number of sulfonamides is 1. The molecule has 0 aliphatic heterocycles. The summed E-state index contributed by atoms with van der Waals surface area (Å²) in [5.41, 5.74) is 1.25. The summed E-state index contributed by atoms with van der Waals surface area (Å²) < 4.78 is 26.3. The van der Waals surface area contributed by atoms with Crippen LogP contribution in [0.25, 0.3) is 0 Å². The Morgan fingerprint density at radius 3 is 2.31 bits per heavy atom. The van der Waals surface area contributed by atoms with Crippen molar-refractivity contribution in [2.75, 3.05) is 23.7 Å². The van der Waals surface area contributed by atoms with Crippen molar-refractivity contribution in [2.24, 2.45) is 0 Å². The van der Waals surface area contributed by atoms with Gasteiger partial charge in [-0.15, -0.1) is 0 Å². The predicted octanol–water partition coefficient (Wildman–Crippen LogP) is 4.67. The normalized spacial score (nSPS) is 14.9. The van der Waals surface area contributed by atoms with Crippen molar-refractivity contribution >= 4 is 50.7 Å². The second kappa shape index (κ2) is 12.8. The summed E-state index contributed by atoms with van der Waals surface area (Å²) in [6.07, 6.45) is 5.98. The van der Waals surface area contributed by atoms with Crippen LogP contribution in [0.2, 0.25) is 10.0 Å². The number of halogens is 2. The van der Waals surface area contributed by atoms with Crippen molar-refractivity contribution in [1.29, 1.82) is 0 Å². The quantitative estimate of drug-likeness (QED) is 0.438. The van der Waals surface area contributed by atoms with Gasteiger partial charge in [-0.1, -0.05) is 73.3 Å². The maximum absolute atomic E-state index is 13.7. The molecule has 0 aromatic heterocycles. The Bertz CT molecular complexity index is 1160. The van der Waals surface area contributed by atoms with E-state index in [9.17, 15) is 18.0 Å². The lowest BCUT2D eigenvalue weighted by Gasteiger charge is -2.33. The Balaban J connectivity index is 1.87. The molecule has 2 amide bonds. The van der Waals surface area contributed by atoms with Crippen LogP contribution in [0.5, 0.6) is 0 Å². The van der Waals surface area contributed by atoms with Crippen LogP contribution in [0, 0.1) is 0 Å². The molecule has 1 fully saturated rings. The van der Waals surface area contributed by atoms with Gasteiger partial charge in [0.25, 0.3) is 0 Å². The molecule has 7 nitrogen and oxygen atoms in total. The zero-order valence-electron chi connectivity index (χ0n) is 20.6. The molecule has 2 aromatic carbocycles. The Hall–Kier alpha value is -2.29. The Morgan fingerprint density at radius 2 is 1.72 bits per heavy atom. The minimum atomic E-state index is -3.83. The van der Waals surface area contributed by atoms with Gasteiger partial charge in [-0.05, 0) is 49.4 Å². The number of carbonyl (C=O) groups excluding carboxylic acids is 2. The SMILES string of the molecule is CC[C@@H](C(=O)NC1CCCC1)N(CCc1ccccc1)C(=O)CN(c1ccc(Cl)c(Cl)c1)S(C)(=O)=O. The largest absolute Gasteiger partial charge is 0.352 e. The van der Waals surface area contributed by atoms with Crippen LogP contribution in [0.15, 0.2) is 48.5 Å². The molecular formula is C26H33Cl2N3O4S. The number of rotatable bonds is 11. The van der Waals surface area contributed by atoms with E-state index in [0.29, 0.717) is 12.8 Å².